The fraction of sp³-hybridized carbons (Fsp3) is 0. The van der Waals surface area contributed by atoms with Crippen molar-refractivity contribution in [1.29, 1.82) is 0 Å². The smallest absolute Gasteiger partial charge is 0.222 e. The van der Waals surface area contributed by atoms with E-state index in [2.05, 4.69) is 60.7 Å². The highest BCUT2D eigenvalue weighted by Crippen LogP contribution is 2.38. The summed E-state index contributed by atoms with van der Waals surface area (Å²) in [7, 11) is -4.94. The van der Waals surface area contributed by atoms with Crippen LogP contribution in [0.3, 0.4) is 0 Å². The summed E-state index contributed by atoms with van der Waals surface area (Å²) in [5, 5.41) is 1.78. The summed E-state index contributed by atoms with van der Waals surface area (Å²) in [5.41, 5.74) is 0. The molecule has 0 N–H and O–H groups in total. The summed E-state index contributed by atoms with van der Waals surface area (Å²) in [5.74, 6) is 0. The molecule has 3 aromatic carbocycles. The minimum atomic E-state index is -4.94. The van der Waals surface area contributed by atoms with Crippen LogP contribution >= 0.6 is 35.3 Å². The van der Waals surface area contributed by atoms with Gasteiger partial charge >= 0.3 is 10.2 Å². The standard InChI is InChI=1S/C23H17OS3.ClHO4/c1-4-10-18(11-5-1)25-21-16-22(26-19-12-6-2-7-13-19)24-23(17-21)27-20-14-8-3-9-15-20;2-1(3,4)5/h1-17H;(H,2,3,4,5)/q+1;/p-1. The zero-order valence-electron chi connectivity index (χ0n) is 16.5. The lowest BCUT2D eigenvalue weighted by Gasteiger charge is -2.17. The summed E-state index contributed by atoms with van der Waals surface area (Å²) in [6.07, 6.45) is 0. The van der Waals surface area contributed by atoms with Crippen molar-refractivity contribution >= 4 is 35.3 Å². The molecule has 0 amide bonds. The highest BCUT2D eigenvalue weighted by atomic mass is 35.7. The topological polar surface area (TPSA) is 104 Å². The normalized spacial score (nSPS) is 10.9. The van der Waals surface area contributed by atoms with Crippen LogP contribution in [0, 0.1) is 10.2 Å². The second kappa shape index (κ2) is 12.3. The zero-order chi connectivity index (χ0) is 22.8. The first-order chi connectivity index (χ1) is 15.3. The van der Waals surface area contributed by atoms with Crippen LogP contribution in [-0.4, -0.2) is 0 Å². The number of hydrogen-bond donors (Lipinski definition) is 0. The van der Waals surface area contributed by atoms with Crippen molar-refractivity contribution in [2.24, 2.45) is 0 Å². The molecule has 0 fully saturated rings. The molecule has 0 spiro atoms. The van der Waals surface area contributed by atoms with Crippen molar-refractivity contribution in [2.75, 3.05) is 0 Å². The Kier molecular flexibility index (Phi) is 9.46. The predicted molar refractivity (Wildman–Crippen MR) is 115 cm³/mol. The molecule has 1 aromatic heterocycles. The quantitative estimate of drug-likeness (QED) is 0.368. The Bertz CT molecular complexity index is 945. The van der Waals surface area contributed by atoms with Crippen LogP contribution in [0.1, 0.15) is 0 Å². The average Bonchev–Trinajstić information content (AvgIpc) is 2.75. The molecule has 0 saturated carbocycles. The van der Waals surface area contributed by atoms with E-state index in [1.807, 2.05) is 42.5 Å². The summed E-state index contributed by atoms with van der Waals surface area (Å²) in [4.78, 5) is 4.72. The van der Waals surface area contributed by atoms with Gasteiger partial charge in [0, 0.05) is 43.1 Å². The lowest BCUT2D eigenvalue weighted by molar-refractivity contribution is -2.00. The molecule has 0 saturated heterocycles. The molecule has 5 nitrogen and oxygen atoms in total. The first-order valence-corrected chi connectivity index (χ1v) is 12.8. The molecule has 4 rings (SSSR count). The number of rotatable bonds is 6. The third-order valence-corrected chi connectivity index (χ3v) is 6.42. The average molecular weight is 505 g/mol. The van der Waals surface area contributed by atoms with Gasteiger partial charge in [0.2, 0.25) is 0 Å². The molecule has 0 radical (unpaired) electrons. The molecule has 1 heterocycles. The van der Waals surface area contributed by atoms with Gasteiger partial charge < -0.3 is 0 Å². The van der Waals surface area contributed by atoms with Crippen LogP contribution in [0.25, 0.3) is 0 Å². The Morgan fingerprint density at radius 2 is 0.781 bits per heavy atom. The second-order valence-electron chi connectivity index (χ2n) is 6.05. The second-order valence-corrected chi connectivity index (χ2v) is 10.1. The van der Waals surface area contributed by atoms with Crippen LogP contribution in [-0.2, 0) is 0 Å². The van der Waals surface area contributed by atoms with Crippen molar-refractivity contribution in [3.05, 3.63) is 103 Å². The van der Waals surface area contributed by atoms with Gasteiger partial charge in [-0.1, -0.05) is 66.4 Å². The first kappa shape index (κ1) is 24.6. The molecule has 0 unspecified atom stereocenters. The van der Waals surface area contributed by atoms with Gasteiger partial charge in [-0.05, 0) is 36.4 Å². The molecule has 9 heteroatoms. The summed E-state index contributed by atoms with van der Waals surface area (Å²) in [6.45, 7) is 0. The number of halogens is 1. The van der Waals surface area contributed by atoms with Crippen molar-refractivity contribution in [2.45, 2.75) is 29.8 Å². The van der Waals surface area contributed by atoms with Crippen LogP contribution in [0.15, 0.2) is 137 Å². The van der Waals surface area contributed by atoms with Crippen LogP contribution < -0.4 is 18.6 Å². The van der Waals surface area contributed by atoms with E-state index in [-0.39, 0.29) is 0 Å². The summed E-state index contributed by atoms with van der Waals surface area (Å²) in [6, 6.07) is 35.3. The molecule has 0 atom stereocenters. The fourth-order valence-corrected chi connectivity index (χ4v) is 5.21. The highest BCUT2D eigenvalue weighted by Gasteiger charge is 2.19. The van der Waals surface area contributed by atoms with E-state index in [0.29, 0.717) is 0 Å². The monoisotopic (exact) mass is 504 g/mol. The van der Waals surface area contributed by atoms with Crippen molar-refractivity contribution < 1.29 is 33.3 Å². The lowest BCUT2D eigenvalue weighted by atomic mass is 10.4. The molecule has 0 aliphatic heterocycles. The van der Waals surface area contributed by atoms with Gasteiger partial charge in [-0.25, -0.2) is 18.6 Å². The van der Waals surface area contributed by atoms with Crippen LogP contribution in [0.2, 0.25) is 0 Å². The van der Waals surface area contributed by atoms with Crippen molar-refractivity contribution in [3.8, 4) is 0 Å². The molecule has 4 aromatic rings. The fourth-order valence-electron chi connectivity index (χ4n) is 2.43. The van der Waals surface area contributed by atoms with Gasteiger partial charge in [-0.2, -0.15) is 4.42 Å². The minimum absolute atomic E-state index is 0.889. The lowest BCUT2D eigenvalue weighted by Crippen LogP contribution is -2.68. The van der Waals surface area contributed by atoms with E-state index in [0.717, 1.165) is 10.2 Å². The summed E-state index contributed by atoms with van der Waals surface area (Å²) < 4.78 is 40.1. The molecule has 0 bridgehead atoms. The first-order valence-electron chi connectivity index (χ1n) is 9.14. The van der Waals surface area contributed by atoms with Gasteiger partial charge in [0.25, 0.3) is 0 Å². The van der Waals surface area contributed by atoms with Gasteiger partial charge in [-0.3, -0.25) is 0 Å². The van der Waals surface area contributed by atoms with E-state index >= 15 is 0 Å². The van der Waals surface area contributed by atoms with Crippen LogP contribution in [0.5, 0.6) is 0 Å². The third kappa shape index (κ3) is 9.64. The zero-order valence-corrected chi connectivity index (χ0v) is 19.7. The molecular weight excluding hydrogens is 488 g/mol. The molecular formula is C23H17ClO5S3. The van der Waals surface area contributed by atoms with Gasteiger partial charge in [0.15, 0.2) is 0 Å². The SMILES string of the molecule is [O-][Cl+3]([O-])([O-])[O-].c1ccc(Sc2cc(Sc3ccccc3)[o+]c(Sc3ccccc3)c2)cc1. The maximum Gasteiger partial charge on any atom is 0.394 e. The van der Waals surface area contributed by atoms with E-state index < -0.39 is 10.2 Å². The Morgan fingerprint density at radius 3 is 1.12 bits per heavy atom. The Balaban J connectivity index is 0.000000523. The van der Waals surface area contributed by atoms with Gasteiger partial charge in [0.1, 0.15) is 0 Å². The molecule has 32 heavy (non-hydrogen) atoms. The molecule has 164 valence electrons. The van der Waals surface area contributed by atoms with Crippen LogP contribution in [0.4, 0.5) is 0 Å². The van der Waals surface area contributed by atoms with E-state index in [4.69, 9.17) is 23.1 Å². The Labute approximate surface area is 200 Å². The van der Waals surface area contributed by atoms with E-state index in [9.17, 15) is 0 Å². The predicted octanol–water partition coefficient (Wildman–Crippen LogP) is 3.26. The van der Waals surface area contributed by atoms with Crippen molar-refractivity contribution in [1.82, 2.24) is 0 Å². The minimum Gasteiger partial charge on any atom is -0.222 e. The van der Waals surface area contributed by atoms with Gasteiger partial charge in [0.05, 0.1) is 12.1 Å². The maximum atomic E-state index is 8.49. The Morgan fingerprint density at radius 1 is 0.469 bits per heavy atom. The maximum absolute atomic E-state index is 8.49. The Hall–Kier alpha value is -2.01. The molecule has 0 aliphatic carbocycles. The molecule has 0 aliphatic rings. The number of benzene rings is 3. The van der Waals surface area contributed by atoms with E-state index in [1.165, 1.54) is 19.6 Å². The van der Waals surface area contributed by atoms with Crippen molar-refractivity contribution in [3.63, 3.8) is 0 Å². The van der Waals surface area contributed by atoms with Gasteiger partial charge in [-0.15, -0.1) is 10.2 Å². The number of hydrogen-bond acceptors (Lipinski definition) is 7. The highest BCUT2D eigenvalue weighted by molar-refractivity contribution is 8.00. The largest absolute Gasteiger partial charge is 0.394 e. The third-order valence-electron chi connectivity index (χ3n) is 3.62. The summed E-state index contributed by atoms with van der Waals surface area (Å²) >= 11 is 5.04. The van der Waals surface area contributed by atoms with E-state index in [1.54, 1.807) is 35.3 Å².